The maximum absolute atomic E-state index is 12.8. The number of pyridine rings is 1. The minimum atomic E-state index is -3.80. The number of aromatic nitrogens is 1. The van der Waals surface area contributed by atoms with Crippen LogP contribution < -0.4 is 10.3 Å². The highest BCUT2D eigenvalue weighted by atomic mass is 32.2. The molecule has 0 N–H and O–H groups in total. The molecular weight excluding hydrogens is 404 g/mol. The fourth-order valence-corrected chi connectivity index (χ4v) is 6.11. The molecule has 0 unspecified atom stereocenters. The summed E-state index contributed by atoms with van der Waals surface area (Å²) in [6, 6.07) is 4.96. The Balaban J connectivity index is 1.44. The van der Waals surface area contributed by atoms with Gasteiger partial charge in [-0.25, -0.2) is 13.2 Å². The molecule has 1 saturated carbocycles. The summed E-state index contributed by atoms with van der Waals surface area (Å²) in [7, 11) is -2.59. The minimum absolute atomic E-state index is 0.0503. The molecule has 28 heavy (non-hydrogen) atoms. The smallest absolute Gasteiger partial charge is 0.349 e. The van der Waals surface area contributed by atoms with Crippen LogP contribution in [0.1, 0.15) is 34.2 Å². The van der Waals surface area contributed by atoms with Crippen LogP contribution in [0, 0.1) is 6.92 Å². The highest BCUT2D eigenvalue weighted by Gasteiger charge is 2.40. The maximum atomic E-state index is 12.8. The van der Waals surface area contributed by atoms with Gasteiger partial charge < -0.3 is 14.0 Å². The van der Waals surface area contributed by atoms with Crippen LogP contribution in [0.4, 0.5) is 0 Å². The maximum Gasteiger partial charge on any atom is 0.349 e. The van der Waals surface area contributed by atoms with Gasteiger partial charge in [-0.3, -0.25) is 4.79 Å². The van der Waals surface area contributed by atoms with Crippen molar-refractivity contribution in [1.29, 1.82) is 0 Å². The summed E-state index contributed by atoms with van der Waals surface area (Å²) in [4.78, 5) is 24.1. The lowest BCUT2D eigenvalue weighted by Gasteiger charge is -2.37. The predicted octanol–water partition coefficient (Wildman–Crippen LogP) is 1.79. The first-order valence-corrected chi connectivity index (χ1v) is 11.2. The topological polar surface area (TPSA) is 94.9 Å². The Labute approximate surface area is 166 Å². The Bertz CT molecular complexity index is 1080. The molecular formula is C18H20N2O6S2. The summed E-state index contributed by atoms with van der Waals surface area (Å²) in [5.41, 5.74) is 0.747. The Kier molecular flexibility index (Phi) is 4.80. The van der Waals surface area contributed by atoms with Crippen molar-refractivity contribution < 1.29 is 22.7 Å². The molecule has 3 heterocycles. The molecule has 2 aliphatic rings. The molecule has 4 rings (SSSR count). The van der Waals surface area contributed by atoms with E-state index >= 15 is 0 Å². The third kappa shape index (κ3) is 3.36. The summed E-state index contributed by atoms with van der Waals surface area (Å²) in [5.74, 6) is -0.221. The molecule has 2 fully saturated rings. The standard InChI is InChI=1S/C18H20N2O6S2/c1-11-7-13(8-16(21)20(11)12-3-4-12)26-14-9-19(10-14)28(23,24)15-5-6-27-17(15)18(22)25-2/h5-8,12,14H,3-4,9-10H2,1-2H3. The molecule has 1 aliphatic heterocycles. The van der Waals surface area contributed by atoms with E-state index in [1.54, 1.807) is 9.95 Å². The molecule has 150 valence electrons. The number of hydrogen-bond donors (Lipinski definition) is 0. The van der Waals surface area contributed by atoms with E-state index < -0.39 is 16.0 Å². The molecule has 0 atom stereocenters. The summed E-state index contributed by atoms with van der Waals surface area (Å²) in [6.45, 7) is 2.18. The van der Waals surface area contributed by atoms with Crippen molar-refractivity contribution in [2.75, 3.05) is 20.2 Å². The van der Waals surface area contributed by atoms with Gasteiger partial charge in [0.25, 0.3) is 5.56 Å². The number of rotatable bonds is 6. The van der Waals surface area contributed by atoms with E-state index in [-0.39, 0.29) is 34.5 Å². The lowest BCUT2D eigenvalue weighted by molar-refractivity contribution is 0.0600. The van der Waals surface area contributed by atoms with Crippen molar-refractivity contribution in [2.45, 2.75) is 36.8 Å². The first-order valence-electron chi connectivity index (χ1n) is 8.87. The zero-order valence-electron chi connectivity index (χ0n) is 15.5. The van der Waals surface area contributed by atoms with E-state index in [1.165, 1.54) is 23.5 Å². The van der Waals surface area contributed by atoms with Crippen LogP contribution in [-0.2, 0) is 14.8 Å². The van der Waals surface area contributed by atoms with Gasteiger partial charge in [0.15, 0.2) is 0 Å². The number of carbonyl (C=O) groups is 1. The number of thiophene rings is 1. The summed E-state index contributed by atoms with van der Waals surface area (Å²) in [5, 5.41) is 1.55. The minimum Gasteiger partial charge on any atom is -0.487 e. The summed E-state index contributed by atoms with van der Waals surface area (Å²) < 4.78 is 39.0. The predicted molar refractivity (Wildman–Crippen MR) is 103 cm³/mol. The SMILES string of the molecule is COC(=O)c1sccc1S(=O)(=O)N1CC(Oc2cc(C)n(C3CC3)c(=O)c2)C1. The van der Waals surface area contributed by atoms with Gasteiger partial charge in [-0.15, -0.1) is 11.3 Å². The van der Waals surface area contributed by atoms with Crippen LogP contribution in [0.2, 0.25) is 0 Å². The molecule has 0 spiro atoms. The van der Waals surface area contributed by atoms with Crippen molar-refractivity contribution in [2.24, 2.45) is 0 Å². The number of carbonyl (C=O) groups excluding carboxylic acids is 1. The van der Waals surface area contributed by atoms with Crippen LogP contribution in [-0.4, -0.2) is 49.6 Å². The fraction of sp³-hybridized carbons (Fsp3) is 0.444. The van der Waals surface area contributed by atoms with Crippen LogP contribution in [0.25, 0.3) is 0 Å². The molecule has 0 aromatic carbocycles. The van der Waals surface area contributed by atoms with Crippen molar-refractivity contribution in [3.8, 4) is 5.75 Å². The second kappa shape index (κ2) is 7.02. The monoisotopic (exact) mass is 424 g/mol. The Morgan fingerprint density at radius 1 is 1.25 bits per heavy atom. The van der Waals surface area contributed by atoms with Gasteiger partial charge in [-0.2, -0.15) is 4.31 Å². The molecule has 1 saturated heterocycles. The average molecular weight is 425 g/mol. The van der Waals surface area contributed by atoms with Gasteiger partial charge in [0.2, 0.25) is 10.0 Å². The summed E-state index contributed by atoms with van der Waals surface area (Å²) in [6.07, 6.45) is 1.70. The third-order valence-electron chi connectivity index (χ3n) is 4.88. The zero-order valence-corrected chi connectivity index (χ0v) is 17.1. The van der Waals surface area contributed by atoms with E-state index in [2.05, 4.69) is 4.74 Å². The average Bonchev–Trinajstić information content (AvgIpc) is 3.29. The Hall–Kier alpha value is -2.17. The van der Waals surface area contributed by atoms with Crippen molar-refractivity contribution in [3.63, 3.8) is 0 Å². The number of sulfonamides is 1. The second-order valence-corrected chi connectivity index (χ2v) is 9.76. The van der Waals surface area contributed by atoms with Crippen molar-refractivity contribution in [3.05, 3.63) is 44.5 Å². The largest absolute Gasteiger partial charge is 0.487 e. The number of methoxy groups -OCH3 is 1. The number of ether oxygens (including phenoxy) is 2. The van der Waals surface area contributed by atoms with Crippen molar-refractivity contribution in [1.82, 2.24) is 8.87 Å². The molecule has 2 aromatic rings. The van der Waals surface area contributed by atoms with E-state index in [0.717, 1.165) is 29.9 Å². The Morgan fingerprint density at radius 2 is 1.96 bits per heavy atom. The number of hydrogen-bond acceptors (Lipinski definition) is 7. The van der Waals surface area contributed by atoms with Gasteiger partial charge in [-0.1, -0.05) is 0 Å². The summed E-state index contributed by atoms with van der Waals surface area (Å²) >= 11 is 1.03. The van der Waals surface area contributed by atoms with Gasteiger partial charge in [-0.05, 0) is 37.3 Å². The molecule has 2 aromatic heterocycles. The molecule has 10 heteroatoms. The quantitative estimate of drug-likeness (QED) is 0.656. The van der Waals surface area contributed by atoms with E-state index in [1.807, 2.05) is 13.0 Å². The first kappa shape index (κ1) is 19.2. The number of nitrogens with zero attached hydrogens (tertiary/aromatic N) is 2. The lowest BCUT2D eigenvalue weighted by Crippen LogP contribution is -2.56. The lowest BCUT2D eigenvalue weighted by atomic mass is 10.2. The van der Waals surface area contributed by atoms with Gasteiger partial charge >= 0.3 is 5.97 Å². The van der Waals surface area contributed by atoms with E-state index in [9.17, 15) is 18.0 Å². The molecule has 0 radical (unpaired) electrons. The van der Waals surface area contributed by atoms with Gasteiger partial charge in [0.05, 0.1) is 20.2 Å². The van der Waals surface area contributed by atoms with Gasteiger partial charge in [0.1, 0.15) is 21.6 Å². The first-order chi connectivity index (χ1) is 13.3. The molecule has 0 bridgehead atoms. The van der Waals surface area contributed by atoms with Crippen LogP contribution in [0.3, 0.4) is 0 Å². The van der Waals surface area contributed by atoms with E-state index in [4.69, 9.17) is 4.74 Å². The highest BCUT2D eigenvalue weighted by Crippen LogP contribution is 2.35. The fourth-order valence-electron chi connectivity index (χ4n) is 3.30. The zero-order chi connectivity index (χ0) is 20.1. The highest BCUT2D eigenvalue weighted by molar-refractivity contribution is 7.89. The molecule has 8 nitrogen and oxygen atoms in total. The normalized spacial score (nSPS) is 17.9. The second-order valence-electron chi connectivity index (χ2n) is 6.94. The van der Waals surface area contributed by atoms with Gasteiger partial charge in [0, 0.05) is 17.8 Å². The molecule has 0 amide bonds. The third-order valence-corrected chi connectivity index (χ3v) is 7.78. The van der Waals surface area contributed by atoms with Crippen molar-refractivity contribution >= 4 is 27.3 Å². The Morgan fingerprint density at radius 3 is 2.57 bits per heavy atom. The molecule has 1 aliphatic carbocycles. The van der Waals surface area contributed by atoms with E-state index in [0.29, 0.717) is 11.8 Å². The number of esters is 1. The van der Waals surface area contributed by atoms with Crippen LogP contribution in [0.15, 0.2) is 33.3 Å². The van der Waals surface area contributed by atoms with Crippen LogP contribution in [0.5, 0.6) is 5.75 Å². The number of aryl methyl sites for hydroxylation is 1. The van der Waals surface area contributed by atoms with Crippen LogP contribution >= 0.6 is 11.3 Å².